The van der Waals surface area contributed by atoms with Gasteiger partial charge in [0, 0.05) is 32.3 Å². The Kier molecular flexibility index (Phi) is 3.23. The minimum atomic E-state index is 0.956. The van der Waals surface area contributed by atoms with Gasteiger partial charge in [-0.25, -0.2) is 0 Å². The van der Waals surface area contributed by atoms with Crippen molar-refractivity contribution in [3.8, 4) is 11.1 Å². The van der Waals surface area contributed by atoms with E-state index in [9.17, 15) is 0 Å². The lowest BCUT2D eigenvalue weighted by Crippen LogP contribution is -1.87. The average Bonchev–Trinajstić information content (AvgIpc) is 3.63. The molecule has 38 heavy (non-hydrogen) atoms. The number of hydrogen-bond acceptors (Lipinski definition) is 1. The van der Waals surface area contributed by atoms with Crippen LogP contribution in [0.4, 0.5) is 0 Å². The highest BCUT2D eigenvalue weighted by molar-refractivity contribution is 6.35. The van der Waals surface area contributed by atoms with Crippen molar-refractivity contribution in [3.63, 3.8) is 0 Å². The van der Waals surface area contributed by atoms with Gasteiger partial charge in [0.25, 0.3) is 0 Å². The highest BCUT2D eigenvalue weighted by atomic mass is 16.3. The lowest BCUT2D eigenvalue weighted by atomic mass is 9.89. The first-order valence-electron chi connectivity index (χ1n) is 13.1. The molecule has 2 heteroatoms. The Morgan fingerprint density at radius 3 is 1.89 bits per heavy atom. The Bertz CT molecular complexity index is 2560. The van der Waals surface area contributed by atoms with Gasteiger partial charge in [-0.15, -0.1) is 0 Å². The molecular formula is C36H19NO. The molecule has 0 spiro atoms. The van der Waals surface area contributed by atoms with Crippen LogP contribution in [0.5, 0.6) is 0 Å². The molecule has 7 aromatic carbocycles. The van der Waals surface area contributed by atoms with Crippen molar-refractivity contribution in [2.45, 2.75) is 0 Å². The Morgan fingerprint density at radius 1 is 0.421 bits per heavy atom. The van der Waals surface area contributed by atoms with Gasteiger partial charge in [-0.1, -0.05) is 84.9 Å². The van der Waals surface area contributed by atoms with Crippen molar-refractivity contribution in [2.75, 3.05) is 0 Å². The molecule has 174 valence electrons. The molecule has 3 heterocycles. The molecule has 0 aliphatic rings. The summed E-state index contributed by atoms with van der Waals surface area (Å²) in [5.41, 5.74) is 8.26. The highest BCUT2D eigenvalue weighted by Crippen LogP contribution is 2.46. The van der Waals surface area contributed by atoms with E-state index in [0.717, 1.165) is 11.2 Å². The van der Waals surface area contributed by atoms with E-state index in [1.165, 1.54) is 81.5 Å². The largest absolute Gasteiger partial charge is 0.456 e. The fourth-order valence-corrected chi connectivity index (χ4v) is 7.21. The van der Waals surface area contributed by atoms with E-state index in [1.54, 1.807) is 0 Å². The lowest BCUT2D eigenvalue weighted by molar-refractivity contribution is 0.669. The van der Waals surface area contributed by atoms with E-state index < -0.39 is 0 Å². The molecule has 0 amide bonds. The number of para-hydroxylation sites is 2. The molecule has 0 fully saturated rings. The number of hydrogen-bond donors (Lipinski definition) is 0. The Hall–Kier alpha value is -5.08. The molecule has 0 saturated carbocycles. The van der Waals surface area contributed by atoms with Crippen LogP contribution >= 0.6 is 0 Å². The highest BCUT2D eigenvalue weighted by Gasteiger charge is 2.20. The van der Waals surface area contributed by atoms with Crippen LogP contribution in [0.3, 0.4) is 0 Å². The number of furan rings is 1. The molecule has 2 nitrogen and oxygen atoms in total. The third-order valence-corrected chi connectivity index (χ3v) is 8.68. The molecule has 3 aromatic heterocycles. The summed E-state index contributed by atoms with van der Waals surface area (Å²) in [4.78, 5) is 0. The summed E-state index contributed by atoms with van der Waals surface area (Å²) in [7, 11) is 0. The van der Waals surface area contributed by atoms with Crippen molar-refractivity contribution >= 4 is 81.6 Å². The van der Waals surface area contributed by atoms with Gasteiger partial charge < -0.3 is 8.82 Å². The number of rotatable bonds is 1. The van der Waals surface area contributed by atoms with Gasteiger partial charge >= 0.3 is 0 Å². The molecular weight excluding hydrogens is 462 g/mol. The summed E-state index contributed by atoms with van der Waals surface area (Å²) in [6.45, 7) is 0. The van der Waals surface area contributed by atoms with Crippen molar-refractivity contribution in [1.29, 1.82) is 0 Å². The van der Waals surface area contributed by atoms with Crippen LogP contribution in [0.2, 0.25) is 0 Å². The van der Waals surface area contributed by atoms with Gasteiger partial charge in [0.05, 0.1) is 16.6 Å². The smallest absolute Gasteiger partial charge is 0.136 e. The van der Waals surface area contributed by atoms with Gasteiger partial charge in [-0.3, -0.25) is 0 Å². The SMILES string of the molecule is c1cc(-c2ccc3c(c2)c2cccc4c5ccccc5n3c42)c2c(c1)c1cccc3oc4cccc2c4c31. The van der Waals surface area contributed by atoms with Crippen LogP contribution in [-0.4, -0.2) is 4.40 Å². The lowest BCUT2D eigenvalue weighted by Gasteiger charge is -2.13. The van der Waals surface area contributed by atoms with Crippen molar-refractivity contribution in [1.82, 2.24) is 4.40 Å². The summed E-state index contributed by atoms with van der Waals surface area (Å²) in [5, 5.41) is 12.8. The zero-order valence-corrected chi connectivity index (χ0v) is 20.3. The van der Waals surface area contributed by atoms with Crippen molar-refractivity contribution < 1.29 is 4.42 Å². The van der Waals surface area contributed by atoms with Crippen molar-refractivity contribution in [2.24, 2.45) is 0 Å². The number of nitrogens with zero attached hydrogens (tertiary/aromatic N) is 1. The summed E-state index contributed by atoms with van der Waals surface area (Å²) in [6, 6.07) is 42.1. The Labute approximate surface area is 216 Å². The van der Waals surface area contributed by atoms with E-state index in [2.05, 4.69) is 120 Å². The van der Waals surface area contributed by atoms with E-state index >= 15 is 0 Å². The minimum Gasteiger partial charge on any atom is -0.456 e. The predicted octanol–water partition coefficient (Wildman–Crippen LogP) is 10.1. The summed E-state index contributed by atoms with van der Waals surface area (Å²) >= 11 is 0. The monoisotopic (exact) mass is 481 g/mol. The molecule has 0 radical (unpaired) electrons. The fourth-order valence-electron chi connectivity index (χ4n) is 7.21. The second kappa shape index (κ2) is 6.42. The Balaban J connectivity index is 1.37. The fraction of sp³-hybridized carbons (Fsp3) is 0. The zero-order valence-electron chi connectivity index (χ0n) is 20.3. The average molecular weight is 482 g/mol. The van der Waals surface area contributed by atoms with Crippen LogP contribution in [0, 0.1) is 0 Å². The first-order chi connectivity index (χ1) is 18.9. The first kappa shape index (κ1) is 19.1. The van der Waals surface area contributed by atoms with E-state index in [4.69, 9.17) is 4.42 Å². The Morgan fingerprint density at radius 2 is 1.03 bits per heavy atom. The summed E-state index contributed by atoms with van der Waals surface area (Å²) in [6.07, 6.45) is 0. The minimum absolute atomic E-state index is 0.956. The third kappa shape index (κ3) is 2.10. The number of fused-ring (bicyclic) bond motifs is 9. The summed E-state index contributed by atoms with van der Waals surface area (Å²) in [5.74, 6) is 0. The van der Waals surface area contributed by atoms with Crippen LogP contribution in [-0.2, 0) is 0 Å². The summed E-state index contributed by atoms with van der Waals surface area (Å²) < 4.78 is 8.73. The molecule has 0 atom stereocenters. The first-order valence-corrected chi connectivity index (χ1v) is 13.1. The molecule has 10 rings (SSSR count). The van der Waals surface area contributed by atoms with Crippen LogP contribution in [0.1, 0.15) is 0 Å². The quantitative estimate of drug-likeness (QED) is 0.213. The second-order valence-electron chi connectivity index (χ2n) is 10.5. The van der Waals surface area contributed by atoms with Crippen LogP contribution in [0.15, 0.2) is 120 Å². The van der Waals surface area contributed by atoms with E-state index in [1.807, 2.05) is 0 Å². The molecule has 0 unspecified atom stereocenters. The zero-order chi connectivity index (χ0) is 24.5. The molecule has 0 aliphatic carbocycles. The number of benzene rings is 7. The standard InChI is InChI=1S/C36H19NO/c1-2-14-29-22(7-1)25-11-4-12-26-28-19-20(17-18-30(28)37(29)36(25)26)21-8-3-9-23-24-10-5-15-31-34(24)35-27(33(21)23)13-6-16-32(35)38-31/h1-19H. The van der Waals surface area contributed by atoms with E-state index in [0.29, 0.717) is 0 Å². The molecule has 0 saturated heterocycles. The molecule has 10 aromatic rings. The molecule has 0 bridgehead atoms. The van der Waals surface area contributed by atoms with Gasteiger partial charge in [0.2, 0.25) is 0 Å². The van der Waals surface area contributed by atoms with Crippen LogP contribution < -0.4 is 0 Å². The normalized spacial score (nSPS) is 12.7. The van der Waals surface area contributed by atoms with Gasteiger partial charge in [-0.05, 0) is 63.0 Å². The number of aromatic nitrogens is 1. The van der Waals surface area contributed by atoms with Crippen LogP contribution in [0.25, 0.3) is 92.7 Å². The molecule has 0 aliphatic heterocycles. The van der Waals surface area contributed by atoms with Gasteiger partial charge in [0.15, 0.2) is 0 Å². The van der Waals surface area contributed by atoms with E-state index in [-0.39, 0.29) is 0 Å². The predicted molar refractivity (Wildman–Crippen MR) is 160 cm³/mol. The topological polar surface area (TPSA) is 17.6 Å². The van der Waals surface area contributed by atoms with Gasteiger partial charge in [0.1, 0.15) is 11.2 Å². The second-order valence-corrected chi connectivity index (χ2v) is 10.5. The maximum absolute atomic E-state index is 6.28. The van der Waals surface area contributed by atoms with Crippen molar-refractivity contribution in [3.05, 3.63) is 115 Å². The van der Waals surface area contributed by atoms with Gasteiger partial charge in [-0.2, -0.15) is 0 Å². The molecule has 0 N–H and O–H groups in total. The maximum Gasteiger partial charge on any atom is 0.136 e. The maximum atomic E-state index is 6.28. The third-order valence-electron chi connectivity index (χ3n) is 8.68.